The van der Waals surface area contributed by atoms with E-state index in [1.807, 2.05) is 12.1 Å². The van der Waals surface area contributed by atoms with Gasteiger partial charge in [-0.3, -0.25) is 0 Å². The lowest BCUT2D eigenvalue weighted by atomic mass is 9.88. The number of benzene rings is 2. The zero-order chi connectivity index (χ0) is 17.9. The van der Waals surface area contributed by atoms with Crippen LogP contribution in [0.5, 0.6) is 0 Å². The Labute approximate surface area is 154 Å². The van der Waals surface area contributed by atoms with Crippen molar-refractivity contribution in [2.45, 2.75) is 31.8 Å². The molecule has 5 heteroatoms. The van der Waals surface area contributed by atoms with Crippen LogP contribution in [0.25, 0.3) is 11.5 Å². The molecule has 0 spiro atoms. The van der Waals surface area contributed by atoms with Crippen molar-refractivity contribution in [2.24, 2.45) is 0 Å². The van der Waals surface area contributed by atoms with Gasteiger partial charge in [-0.15, -0.1) is 5.10 Å². The third-order valence-corrected chi connectivity index (χ3v) is 4.80. The highest BCUT2D eigenvalue weighted by Crippen LogP contribution is 2.25. The molecule has 1 unspecified atom stereocenters. The minimum absolute atomic E-state index is 0.334. The Kier molecular flexibility index (Phi) is 4.71. The number of fused-ring (bicyclic) bond motifs is 1. The molecule has 3 aromatic rings. The summed E-state index contributed by atoms with van der Waals surface area (Å²) in [5.41, 5.74) is 5.07. The number of nitrogens with zero attached hydrogens (tertiary/aromatic N) is 3. The molecule has 134 valence electrons. The first kappa shape index (κ1) is 16.8. The summed E-state index contributed by atoms with van der Waals surface area (Å²) in [4.78, 5) is 2.14. The monoisotopic (exact) mass is 348 g/mol. The lowest BCUT2D eigenvalue weighted by molar-refractivity contribution is 0.402. The van der Waals surface area contributed by atoms with E-state index in [1.165, 1.54) is 16.7 Å². The summed E-state index contributed by atoms with van der Waals surface area (Å²) in [6.45, 7) is 0.917. The minimum Gasteiger partial charge on any atom is -0.403 e. The molecule has 26 heavy (non-hydrogen) atoms. The van der Waals surface area contributed by atoms with Gasteiger partial charge in [0.15, 0.2) is 0 Å². The Hall–Kier alpha value is -2.66. The second-order valence-corrected chi connectivity index (χ2v) is 7.20. The first-order valence-electron chi connectivity index (χ1n) is 9.08. The van der Waals surface area contributed by atoms with Crippen LogP contribution in [0.1, 0.15) is 23.1 Å². The molecule has 0 saturated carbocycles. The predicted molar refractivity (Wildman–Crippen MR) is 103 cm³/mol. The van der Waals surface area contributed by atoms with Crippen LogP contribution in [0.4, 0.5) is 6.01 Å². The molecule has 5 nitrogen and oxygen atoms in total. The van der Waals surface area contributed by atoms with Gasteiger partial charge in [0, 0.05) is 18.2 Å². The van der Waals surface area contributed by atoms with Crippen molar-refractivity contribution in [3.8, 4) is 11.5 Å². The fourth-order valence-electron chi connectivity index (χ4n) is 3.51. The maximum Gasteiger partial charge on any atom is 0.315 e. The van der Waals surface area contributed by atoms with E-state index in [-0.39, 0.29) is 0 Å². The van der Waals surface area contributed by atoms with Crippen LogP contribution in [0, 0.1) is 0 Å². The quantitative estimate of drug-likeness (QED) is 0.761. The van der Waals surface area contributed by atoms with Crippen LogP contribution in [-0.4, -0.2) is 35.2 Å². The summed E-state index contributed by atoms with van der Waals surface area (Å²) in [5, 5.41) is 11.8. The lowest BCUT2D eigenvalue weighted by Crippen LogP contribution is -2.27. The second-order valence-electron chi connectivity index (χ2n) is 7.20. The molecule has 0 amide bonds. The van der Waals surface area contributed by atoms with E-state index in [0.717, 1.165) is 31.4 Å². The van der Waals surface area contributed by atoms with Gasteiger partial charge in [-0.2, -0.15) is 0 Å². The summed E-state index contributed by atoms with van der Waals surface area (Å²) in [6.07, 6.45) is 3.16. The Morgan fingerprint density at radius 3 is 2.58 bits per heavy atom. The molecule has 2 aromatic carbocycles. The lowest BCUT2D eigenvalue weighted by Gasteiger charge is -2.24. The zero-order valence-corrected chi connectivity index (χ0v) is 15.3. The molecule has 1 atom stereocenters. The van der Waals surface area contributed by atoms with Crippen molar-refractivity contribution in [2.75, 3.05) is 19.4 Å². The Bertz CT molecular complexity index is 870. The molecule has 1 aliphatic carbocycles. The van der Waals surface area contributed by atoms with Gasteiger partial charge in [-0.25, -0.2) is 0 Å². The van der Waals surface area contributed by atoms with E-state index in [4.69, 9.17) is 4.42 Å². The third-order valence-electron chi connectivity index (χ3n) is 4.80. The van der Waals surface area contributed by atoms with Gasteiger partial charge in [0.25, 0.3) is 0 Å². The first-order chi connectivity index (χ1) is 12.7. The molecule has 0 radical (unpaired) electrons. The van der Waals surface area contributed by atoms with Crippen molar-refractivity contribution in [1.29, 1.82) is 0 Å². The van der Waals surface area contributed by atoms with Crippen LogP contribution >= 0.6 is 0 Å². The molecule has 1 N–H and O–H groups in total. The molecular weight excluding hydrogens is 324 g/mol. The summed E-state index contributed by atoms with van der Waals surface area (Å²) >= 11 is 0. The number of hydrogen-bond acceptors (Lipinski definition) is 5. The molecule has 0 bridgehead atoms. The average Bonchev–Trinajstić information content (AvgIpc) is 3.10. The summed E-state index contributed by atoms with van der Waals surface area (Å²) in [5.74, 6) is 0.556. The highest BCUT2D eigenvalue weighted by Gasteiger charge is 2.20. The predicted octanol–water partition coefficient (Wildman–Crippen LogP) is 3.77. The highest BCUT2D eigenvalue weighted by atomic mass is 16.4. The normalized spacial score (nSPS) is 16.5. The van der Waals surface area contributed by atoms with Crippen LogP contribution in [0.15, 0.2) is 52.9 Å². The first-order valence-corrected chi connectivity index (χ1v) is 9.08. The van der Waals surface area contributed by atoms with Gasteiger partial charge >= 0.3 is 6.01 Å². The number of aromatic nitrogens is 2. The van der Waals surface area contributed by atoms with Gasteiger partial charge in [0.05, 0.1) is 0 Å². The third kappa shape index (κ3) is 3.78. The summed E-state index contributed by atoms with van der Waals surface area (Å²) < 4.78 is 5.84. The largest absolute Gasteiger partial charge is 0.403 e. The van der Waals surface area contributed by atoms with E-state index >= 15 is 0 Å². The number of aryl methyl sites for hydroxylation is 1. The molecular formula is C21H24N4O. The van der Waals surface area contributed by atoms with E-state index in [9.17, 15) is 0 Å². The molecule has 0 aliphatic heterocycles. The van der Waals surface area contributed by atoms with Crippen molar-refractivity contribution in [3.63, 3.8) is 0 Å². The topological polar surface area (TPSA) is 54.2 Å². The molecule has 1 aliphatic rings. The van der Waals surface area contributed by atoms with E-state index < -0.39 is 0 Å². The second kappa shape index (κ2) is 7.30. The van der Waals surface area contributed by atoms with Gasteiger partial charge < -0.3 is 14.6 Å². The van der Waals surface area contributed by atoms with Gasteiger partial charge in [-0.1, -0.05) is 41.5 Å². The Morgan fingerprint density at radius 2 is 1.81 bits per heavy atom. The van der Waals surface area contributed by atoms with Crippen LogP contribution in [0.3, 0.4) is 0 Å². The molecule has 4 rings (SSSR count). The SMILES string of the molecule is CN(C)Cc1ccc(-c2nnc(NC3CCc4ccccc4C3)o2)cc1. The van der Waals surface area contributed by atoms with E-state index in [2.05, 4.69) is 70.9 Å². The van der Waals surface area contributed by atoms with Crippen LogP contribution in [-0.2, 0) is 19.4 Å². The maximum absolute atomic E-state index is 5.84. The van der Waals surface area contributed by atoms with Crippen molar-refractivity contribution >= 4 is 6.01 Å². The van der Waals surface area contributed by atoms with Crippen molar-refractivity contribution < 1.29 is 4.42 Å². The number of hydrogen-bond donors (Lipinski definition) is 1. The van der Waals surface area contributed by atoms with Gasteiger partial charge in [0.1, 0.15) is 0 Å². The fourth-order valence-corrected chi connectivity index (χ4v) is 3.51. The molecule has 0 saturated heterocycles. The molecule has 1 heterocycles. The molecule has 0 fully saturated rings. The highest BCUT2D eigenvalue weighted by molar-refractivity contribution is 5.54. The van der Waals surface area contributed by atoms with Gasteiger partial charge in [-0.05, 0) is 62.2 Å². The van der Waals surface area contributed by atoms with Crippen LogP contribution in [0.2, 0.25) is 0 Å². The average molecular weight is 348 g/mol. The smallest absolute Gasteiger partial charge is 0.315 e. The number of rotatable bonds is 5. The van der Waals surface area contributed by atoms with Crippen molar-refractivity contribution in [3.05, 3.63) is 65.2 Å². The summed E-state index contributed by atoms with van der Waals surface area (Å²) in [7, 11) is 4.13. The molecule has 1 aromatic heterocycles. The standard InChI is InChI=1S/C21H24N4O/c1-25(2)14-15-7-9-17(10-8-15)20-23-24-21(26-20)22-19-12-11-16-5-3-4-6-18(16)13-19/h3-10,19H,11-14H2,1-2H3,(H,22,24). The zero-order valence-electron chi connectivity index (χ0n) is 15.3. The van der Waals surface area contributed by atoms with Gasteiger partial charge in [0.2, 0.25) is 5.89 Å². The number of anilines is 1. The fraction of sp³-hybridized carbons (Fsp3) is 0.333. The Balaban J connectivity index is 1.42. The summed E-state index contributed by atoms with van der Waals surface area (Å²) in [6, 6.07) is 17.7. The van der Waals surface area contributed by atoms with Crippen LogP contribution < -0.4 is 5.32 Å². The Morgan fingerprint density at radius 1 is 1.04 bits per heavy atom. The minimum atomic E-state index is 0.334. The maximum atomic E-state index is 5.84. The number of nitrogens with one attached hydrogen (secondary N) is 1. The van der Waals surface area contributed by atoms with Crippen molar-refractivity contribution in [1.82, 2.24) is 15.1 Å². The van der Waals surface area contributed by atoms with E-state index in [0.29, 0.717) is 17.9 Å². The van der Waals surface area contributed by atoms with E-state index in [1.54, 1.807) is 0 Å².